The van der Waals surface area contributed by atoms with Crippen molar-refractivity contribution in [2.24, 2.45) is 5.92 Å². The molecular formula is C16H21N. The quantitative estimate of drug-likeness (QED) is 0.666. The standard InChI is InChI=1S/C16H21N/c1-14-8-6-12-17(15(14)2)13-7-11-16-9-4-3-5-10-16/h3-5,9-10,14-15H,6,8,12-13H2,1-2H3/t14-,15-/m1/s1. The van der Waals surface area contributed by atoms with Gasteiger partial charge in [-0.25, -0.2) is 0 Å². The molecule has 0 aliphatic carbocycles. The van der Waals surface area contributed by atoms with Crippen LogP contribution in [0.2, 0.25) is 0 Å². The predicted molar refractivity (Wildman–Crippen MR) is 72.8 cm³/mol. The Bertz CT molecular complexity index is 399. The third kappa shape index (κ3) is 3.35. The molecule has 0 aromatic heterocycles. The zero-order valence-corrected chi connectivity index (χ0v) is 10.8. The molecule has 1 heterocycles. The van der Waals surface area contributed by atoms with Crippen molar-refractivity contribution in [2.75, 3.05) is 13.1 Å². The van der Waals surface area contributed by atoms with E-state index >= 15 is 0 Å². The second kappa shape index (κ2) is 5.89. The summed E-state index contributed by atoms with van der Waals surface area (Å²) >= 11 is 0. The number of nitrogens with zero attached hydrogens (tertiary/aromatic N) is 1. The van der Waals surface area contributed by atoms with Gasteiger partial charge in [-0.3, -0.25) is 4.90 Å². The minimum absolute atomic E-state index is 0.675. The third-order valence-corrected chi connectivity index (χ3v) is 3.79. The number of hydrogen-bond donors (Lipinski definition) is 0. The fourth-order valence-corrected chi connectivity index (χ4v) is 2.41. The van der Waals surface area contributed by atoms with E-state index in [9.17, 15) is 0 Å². The van der Waals surface area contributed by atoms with Gasteiger partial charge in [0.2, 0.25) is 0 Å². The molecule has 1 heteroatoms. The summed E-state index contributed by atoms with van der Waals surface area (Å²) < 4.78 is 0. The van der Waals surface area contributed by atoms with Crippen LogP contribution in [0.5, 0.6) is 0 Å². The first-order chi connectivity index (χ1) is 8.27. The Morgan fingerprint density at radius 1 is 1.24 bits per heavy atom. The lowest BCUT2D eigenvalue weighted by Gasteiger charge is -2.36. The molecule has 0 spiro atoms. The monoisotopic (exact) mass is 227 g/mol. The minimum atomic E-state index is 0.675. The number of likely N-dealkylation sites (tertiary alicyclic amines) is 1. The molecule has 1 saturated heterocycles. The molecule has 0 bridgehead atoms. The van der Waals surface area contributed by atoms with Crippen molar-refractivity contribution in [1.82, 2.24) is 4.90 Å². The van der Waals surface area contributed by atoms with E-state index in [2.05, 4.69) is 42.7 Å². The zero-order chi connectivity index (χ0) is 12.1. The smallest absolute Gasteiger partial charge is 0.0607 e. The predicted octanol–water partition coefficient (Wildman–Crippen LogP) is 3.16. The minimum Gasteiger partial charge on any atom is -0.289 e. The highest BCUT2D eigenvalue weighted by atomic mass is 15.2. The summed E-state index contributed by atoms with van der Waals surface area (Å²) in [5, 5.41) is 0. The van der Waals surface area contributed by atoms with Gasteiger partial charge < -0.3 is 0 Å². The van der Waals surface area contributed by atoms with Crippen molar-refractivity contribution in [1.29, 1.82) is 0 Å². The van der Waals surface area contributed by atoms with E-state index in [0.29, 0.717) is 6.04 Å². The summed E-state index contributed by atoms with van der Waals surface area (Å²) in [6.07, 6.45) is 2.68. The van der Waals surface area contributed by atoms with E-state index in [1.54, 1.807) is 0 Å². The fraction of sp³-hybridized carbons (Fsp3) is 0.500. The lowest BCUT2D eigenvalue weighted by molar-refractivity contribution is 0.130. The lowest BCUT2D eigenvalue weighted by Crippen LogP contribution is -2.42. The second-order valence-electron chi connectivity index (χ2n) is 5.00. The molecule has 90 valence electrons. The summed E-state index contributed by atoms with van der Waals surface area (Å²) in [7, 11) is 0. The Morgan fingerprint density at radius 2 is 2.00 bits per heavy atom. The summed E-state index contributed by atoms with van der Waals surface area (Å²) in [4.78, 5) is 2.50. The van der Waals surface area contributed by atoms with E-state index in [-0.39, 0.29) is 0 Å². The molecule has 1 aromatic rings. The molecule has 1 fully saturated rings. The van der Waals surface area contributed by atoms with Crippen LogP contribution in [-0.2, 0) is 0 Å². The highest BCUT2D eigenvalue weighted by Crippen LogP contribution is 2.21. The second-order valence-corrected chi connectivity index (χ2v) is 5.00. The van der Waals surface area contributed by atoms with E-state index in [1.807, 2.05) is 18.2 Å². The highest BCUT2D eigenvalue weighted by Gasteiger charge is 2.23. The van der Waals surface area contributed by atoms with Crippen LogP contribution >= 0.6 is 0 Å². The molecule has 2 rings (SSSR count). The van der Waals surface area contributed by atoms with E-state index in [1.165, 1.54) is 19.4 Å². The van der Waals surface area contributed by atoms with Gasteiger partial charge >= 0.3 is 0 Å². The lowest BCUT2D eigenvalue weighted by atomic mass is 9.92. The van der Waals surface area contributed by atoms with E-state index in [4.69, 9.17) is 0 Å². The normalized spacial score (nSPS) is 25.1. The summed E-state index contributed by atoms with van der Waals surface area (Å²) in [5.41, 5.74) is 1.12. The fourth-order valence-electron chi connectivity index (χ4n) is 2.41. The maximum atomic E-state index is 3.30. The average Bonchev–Trinajstić information content (AvgIpc) is 2.36. The first kappa shape index (κ1) is 12.2. The van der Waals surface area contributed by atoms with Gasteiger partial charge in [-0.15, -0.1) is 0 Å². The maximum absolute atomic E-state index is 3.30. The number of benzene rings is 1. The molecule has 1 aliphatic rings. The molecule has 17 heavy (non-hydrogen) atoms. The number of rotatable bonds is 1. The summed E-state index contributed by atoms with van der Waals surface area (Å²) in [5.74, 6) is 7.34. The zero-order valence-electron chi connectivity index (χ0n) is 10.8. The molecular weight excluding hydrogens is 206 g/mol. The van der Waals surface area contributed by atoms with Crippen molar-refractivity contribution >= 4 is 0 Å². The van der Waals surface area contributed by atoms with E-state index < -0.39 is 0 Å². The van der Waals surface area contributed by atoms with Gasteiger partial charge in [-0.1, -0.05) is 37.0 Å². The molecule has 0 N–H and O–H groups in total. The summed E-state index contributed by atoms with van der Waals surface area (Å²) in [6, 6.07) is 10.9. The van der Waals surface area contributed by atoms with Gasteiger partial charge in [0.15, 0.2) is 0 Å². The first-order valence-electron chi connectivity index (χ1n) is 6.55. The molecule has 1 nitrogen and oxygen atoms in total. The van der Waals surface area contributed by atoms with Crippen LogP contribution in [0.3, 0.4) is 0 Å². The Kier molecular flexibility index (Phi) is 4.23. The molecule has 0 radical (unpaired) electrons. The van der Waals surface area contributed by atoms with Crippen molar-refractivity contribution in [3.63, 3.8) is 0 Å². The van der Waals surface area contributed by atoms with Crippen molar-refractivity contribution in [2.45, 2.75) is 32.7 Å². The van der Waals surface area contributed by atoms with Gasteiger partial charge in [0.25, 0.3) is 0 Å². The topological polar surface area (TPSA) is 3.24 Å². The van der Waals surface area contributed by atoms with Gasteiger partial charge in [-0.2, -0.15) is 0 Å². The van der Waals surface area contributed by atoms with Gasteiger partial charge in [0.05, 0.1) is 6.54 Å². The molecule has 0 amide bonds. The van der Waals surface area contributed by atoms with Crippen LogP contribution in [0, 0.1) is 17.8 Å². The molecule has 2 atom stereocenters. The Morgan fingerprint density at radius 3 is 2.76 bits per heavy atom. The van der Waals surface area contributed by atoms with Crippen LogP contribution < -0.4 is 0 Å². The van der Waals surface area contributed by atoms with Crippen LogP contribution in [-0.4, -0.2) is 24.0 Å². The van der Waals surface area contributed by atoms with Crippen molar-refractivity contribution < 1.29 is 0 Å². The van der Waals surface area contributed by atoms with Gasteiger partial charge in [-0.05, 0) is 44.4 Å². The Labute approximate surface area is 105 Å². The van der Waals surface area contributed by atoms with E-state index in [0.717, 1.165) is 18.0 Å². The largest absolute Gasteiger partial charge is 0.289 e. The molecule has 0 saturated carbocycles. The SMILES string of the molecule is C[C@@H]1CCCN(CC#Cc2ccccc2)[C@@H]1C. The Balaban J connectivity index is 1.92. The Hall–Kier alpha value is -1.26. The van der Waals surface area contributed by atoms with Crippen LogP contribution in [0.1, 0.15) is 32.3 Å². The van der Waals surface area contributed by atoms with Crippen LogP contribution in [0.4, 0.5) is 0 Å². The van der Waals surface area contributed by atoms with Crippen molar-refractivity contribution in [3.05, 3.63) is 35.9 Å². The molecule has 1 aromatic carbocycles. The first-order valence-corrected chi connectivity index (χ1v) is 6.55. The third-order valence-electron chi connectivity index (χ3n) is 3.79. The highest BCUT2D eigenvalue weighted by molar-refractivity contribution is 5.33. The van der Waals surface area contributed by atoms with Crippen molar-refractivity contribution in [3.8, 4) is 11.8 Å². The average molecular weight is 227 g/mol. The van der Waals surface area contributed by atoms with Gasteiger partial charge in [0.1, 0.15) is 0 Å². The maximum Gasteiger partial charge on any atom is 0.0607 e. The number of piperidine rings is 1. The molecule has 1 aliphatic heterocycles. The van der Waals surface area contributed by atoms with Gasteiger partial charge in [0, 0.05) is 11.6 Å². The van der Waals surface area contributed by atoms with Crippen LogP contribution in [0.25, 0.3) is 0 Å². The number of hydrogen-bond acceptors (Lipinski definition) is 1. The summed E-state index contributed by atoms with van der Waals surface area (Å²) in [6.45, 7) is 6.78. The van der Waals surface area contributed by atoms with Crippen LogP contribution in [0.15, 0.2) is 30.3 Å². The molecule has 0 unspecified atom stereocenters.